The van der Waals surface area contributed by atoms with E-state index in [1.54, 1.807) is 23.2 Å². The van der Waals surface area contributed by atoms with Gasteiger partial charge in [-0.15, -0.1) is 0 Å². The van der Waals surface area contributed by atoms with Crippen LogP contribution in [0, 0.1) is 11.3 Å². The third-order valence-electron chi connectivity index (χ3n) is 7.12. The number of ether oxygens (including phenoxy) is 1. The standard InChI is InChI=1S/C25H34N4O5/c1-3-18(21(31)24-28-22-19(34-24)7-6-10-26-22)27-23(32)17(16-25(2)8-4-5-9-25)15-20(30)29-11-13-33-14-12-29/h6-7,10,17-18H,3-5,8-9,11-16H2,1-2H3,(H,27,32). The van der Waals surface area contributed by atoms with Gasteiger partial charge in [0.1, 0.15) is 0 Å². The molecule has 9 heteroatoms. The summed E-state index contributed by atoms with van der Waals surface area (Å²) in [4.78, 5) is 49.6. The molecular formula is C25H34N4O5. The van der Waals surface area contributed by atoms with Crippen molar-refractivity contribution in [1.29, 1.82) is 0 Å². The maximum absolute atomic E-state index is 13.4. The lowest BCUT2D eigenvalue weighted by Gasteiger charge is -2.32. The molecule has 0 spiro atoms. The van der Waals surface area contributed by atoms with Crippen molar-refractivity contribution in [2.75, 3.05) is 26.3 Å². The number of amides is 2. The molecule has 1 aliphatic heterocycles. The number of fused-ring (bicyclic) bond motifs is 1. The third-order valence-corrected chi connectivity index (χ3v) is 7.12. The number of carbonyl (C=O) groups excluding carboxylic acids is 3. The second kappa shape index (κ2) is 10.6. The molecule has 2 unspecified atom stereocenters. The van der Waals surface area contributed by atoms with E-state index in [2.05, 4.69) is 22.2 Å². The van der Waals surface area contributed by atoms with Gasteiger partial charge in [0, 0.05) is 31.6 Å². The first-order chi connectivity index (χ1) is 16.4. The average Bonchev–Trinajstić information content (AvgIpc) is 3.48. The molecule has 4 rings (SSSR count). The zero-order valence-electron chi connectivity index (χ0n) is 20.0. The molecule has 2 aromatic heterocycles. The zero-order chi connectivity index (χ0) is 24.1. The van der Waals surface area contributed by atoms with Crippen molar-refractivity contribution in [3.63, 3.8) is 0 Å². The SMILES string of the molecule is CCC(NC(=O)C(CC(=O)N1CCOCC1)CC1(C)CCCC1)C(=O)c1nc2ncccc2o1. The Morgan fingerprint density at radius 3 is 2.62 bits per heavy atom. The van der Waals surface area contributed by atoms with Gasteiger partial charge in [-0.05, 0) is 43.2 Å². The Hall–Kier alpha value is -2.81. The van der Waals surface area contributed by atoms with Gasteiger partial charge in [-0.3, -0.25) is 14.4 Å². The van der Waals surface area contributed by atoms with E-state index in [0.29, 0.717) is 50.4 Å². The lowest BCUT2D eigenvalue weighted by molar-refractivity contribution is -0.140. The Morgan fingerprint density at radius 1 is 1.21 bits per heavy atom. The Labute approximate surface area is 199 Å². The molecule has 34 heavy (non-hydrogen) atoms. The molecule has 1 saturated carbocycles. The average molecular weight is 471 g/mol. The van der Waals surface area contributed by atoms with Crippen molar-refractivity contribution >= 4 is 28.8 Å². The molecule has 2 aliphatic rings. The normalized spacial score (nSPS) is 19.6. The van der Waals surface area contributed by atoms with Gasteiger partial charge >= 0.3 is 0 Å². The summed E-state index contributed by atoms with van der Waals surface area (Å²) in [5.41, 5.74) is 0.815. The highest BCUT2D eigenvalue weighted by Crippen LogP contribution is 2.43. The Kier molecular flexibility index (Phi) is 7.60. The number of nitrogens with zero attached hydrogens (tertiary/aromatic N) is 3. The number of rotatable bonds is 9. The molecule has 2 aromatic rings. The van der Waals surface area contributed by atoms with E-state index >= 15 is 0 Å². The van der Waals surface area contributed by atoms with E-state index in [9.17, 15) is 14.4 Å². The van der Waals surface area contributed by atoms with E-state index in [4.69, 9.17) is 9.15 Å². The lowest BCUT2D eigenvalue weighted by Crippen LogP contribution is -2.47. The van der Waals surface area contributed by atoms with Crippen molar-refractivity contribution in [1.82, 2.24) is 20.2 Å². The minimum absolute atomic E-state index is 0.0327. The first-order valence-electron chi connectivity index (χ1n) is 12.3. The molecule has 9 nitrogen and oxygen atoms in total. The second-order valence-corrected chi connectivity index (χ2v) is 9.79. The van der Waals surface area contributed by atoms with Gasteiger partial charge in [-0.2, -0.15) is 4.98 Å². The van der Waals surface area contributed by atoms with Gasteiger partial charge in [0.2, 0.25) is 17.6 Å². The Balaban J connectivity index is 1.47. The molecule has 1 N–H and O–H groups in total. The van der Waals surface area contributed by atoms with Crippen LogP contribution in [-0.4, -0.2) is 64.8 Å². The summed E-state index contributed by atoms with van der Waals surface area (Å²) in [6, 6.07) is 2.62. The molecule has 0 bridgehead atoms. The van der Waals surface area contributed by atoms with Gasteiger partial charge in [0.15, 0.2) is 11.2 Å². The zero-order valence-corrected chi connectivity index (χ0v) is 20.0. The predicted molar refractivity (Wildman–Crippen MR) is 125 cm³/mol. The number of aromatic nitrogens is 2. The van der Waals surface area contributed by atoms with Crippen LogP contribution in [0.15, 0.2) is 22.7 Å². The van der Waals surface area contributed by atoms with E-state index in [1.807, 2.05) is 6.92 Å². The van der Waals surface area contributed by atoms with Gasteiger partial charge in [-0.25, -0.2) is 4.98 Å². The molecule has 0 aromatic carbocycles. The molecule has 3 heterocycles. The van der Waals surface area contributed by atoms with Gasteiger partial charge < -0.3 is 19.4 Å². The molecule has 1 saturated heterocycles. The van der Waals surface area contributed by atoms with E-state index in [-0.39, 0.29) is 35.3 Å². The highest BCUT2D eigenvalue weighted by molar-refractivity contribution is 6.00. The molecular weight excluding hydrogens is 436 g/mol. The Bertz CT molecular complexity index is 990. The van der Waals surface area contributed by atoms with Crippen molar-refractivity contribution in [3.05, 3.63) is 24.2 Å². The second-order valence-electron chi connectivity index (χ2n) is 9.79. The van der Waals surface area contributed by atoms with Crippen LogP contribution >= 0.6 is 0 Å². The Morgan fingerprint density at radius 2 is 1.94 bits per heavy atom. The van der Waals surface area contributed by atoms with Crippen molar-refractivity contribution in [3.8, 4) is 0 Å². The molecule has 184 valence electrons. The summed E-state index contributed by atoms with van der Waals surface area (Å²) in [6.45, 7) is 6.17. The number of pyridine rings is 1. The number of morpholine rings is 1. The number of hydrogen-bond donors (Lipinski definition) is 1. The number of hydrogen-bond acceptors (Lipinski definition) is 7. The summed E-state index contributed by atoms with van der Waals surface area (Å²) in [5, 5.41) is 2.90. The molecule has 0 radical (unpaired) electrons. The van der Waals surface area contributed by atoms with Gasteiger partial charge in [-0.1, -0.05) is 26.7 Å². The highest BCUT2D eigenvalue weighted by atomic mass is 16.5. The fourth-order valence-corrected chi connectivity index (χ4v) is 5.10. The summed E-state index contributed by atoms with van der Waals surface area (Å²) in [7, 11) is 0. The van der Waals surface area contributed by atoms with Crippen LogP contribution < -0.4 is 5.32 Å². The molecule has 2 fully saturated rings. The van der Waals surface area contributed by atoms with Crippen LogP contribution in [0.5, 0.6) is 0 Å². The molecule has 2 amide bonds. The van der Waals surface area contributed by atoms with Crippen LogP contribution in [0.3, 0.4) is 0 Å². The largest absolute Gasteiger partial charge is 0.432 e. The summed E-state index contributed by atoms with van der Waals surface area (Å²) < 4.78 is 10.9. The van der Waals surface area contributed by atoms with Crippen LogP contribution in [0.25, 0.3) is 11.2 Å². The summed E-state index contributed by atoms with van der Waals surface area (Å²) in [5.74, 6) is -1.24. The number of Topliss-reactive ketones (excluding diaryl/α,β-unsaturated/α-hetero) is 1. The quantitative estimate of drug-likeness (QED) is 0.560. The number of nitrogens with one attached hydrogen (secondary N) is 1. The van der Waals surface area contributed by atoms with Crippen molar-refractivity contribution in [2.24, 2.45) is 11.3 Å². The summed E-state index contributed by atoms with van der Waals surface area (Å²) in [6.07, 6.45) is 7.12. The highest BCUT2D eigenvalue weighted by Gasteiger charge is 2.37. The maximum atomic E-state index is 13.4. The smallest absolute Gasteiger partial charge is 0.268 e. The van der Waals surface area contributed by atoms with Crippen LogP contribution in [-0.2, 0) is 14.3 Å². The van der Waals surface area contributed by atoms with Gasteiger partial charge in [0.25, 0.3) is 5.89 Å². The van der Waals surface area contributed by atoms with Crippen molar-refractivity contribution in [2.45, 2.75) is 64.8 Å². The minimum Gasteiger partial charge on any atom is -0.432 e. The topological polar surface area (TPSA) is 115 Å². The van der Waals surface area contributed by atoms with Crippen LogP contribution in [0.1, 0.15) is 69.5 Å². The summed E-state index contributed by atoms with van der Waals surface area (Å²) >= 11 is 0. The van der Waals surface area contributed by atoms with Gasteiger partial charge in [0.05, 0.1) is 19.3 Å². The van der Waals surface area contributed by atoms with E-state index in [1.165, 1.54) is 0 Å². The minimum atomic E-state index is -0.780. The van der Waals surface area contributed by atoms with E-state index in [0.717, 1.165) is 25.7 Å². The fourth-order valence-electron chi connectivity index (χ4n) is 5.10. The van der Waals surface area contributed by atoms with Crippen LogP contribution in [0.4, 0.5) is 0 Å². The number of oxazole rings is 1. The predicted octanol–water partition coefficient (Wildman–Crippen LogP) is 3.14. The third kappa shape index (κ3) is 5.63. The molecule has 1 aliphatic carbocycles. The molecule has 2 atom stereocenters. The maximum Gasteiger partial charge on any atom is 0.268 e. The van der Waals surface area contributed by atoms with Crippen LogP contribution in [0.2, 0.25) is 0 Å². The number of ketones is 1. The van der Waals surface area contributed by atoms with E-state index < -0.39 is 12.0 Å². The number of carbonyl (C=O) groups is 3. The van der Waals surface area contributed by atoms with Crippen molar-refractivity contribution < 1.29 is 23.5 Å². The first-order valence-corrected chi connectivity index (χ1v) is 12.3. The lowest BCUT2D eigenvalue weighted by atomic mass is 9.78. The monoisotopic (exact) mass is 470 g/mol. The fraction of sp³-hybridized carbons (Fsp3) is 0.640. The first kappa shape index (κ1) is 24.3.